The number of aliphatic hydroxyl groups is 1. The van der Waals surface area contributed by atoms with Gasteiger partial charge in [-0.05, 0) is 20.8 Å². The van der Waals surface area contributed by atoms with Crippen molar-refractivity contribution in [1.82, 2.24) is 0 Å². The van der Waals surface area contributed by atoms with Crippen LogP contribution in [0.4, 0.5) is 0 Å². The molecule has 0 bridgehead atoms. The highest BCUT2D eigenvalue weighted by Crippen LogP contribution is 2.31. The average molecular weight is 216 g/mol. The average Bonchev–Trinajstić information content (AvgIpc) is 1.99. The molecule has 1 aliphatic rings. The summed E-state index contributed by atoms with van der Waals surface area (Å²) in [5.74, 6) is -0.332. The summed E-state index contributed by atoms with van der Waals surface area (Å²) in [7, 11) is 0. The number of carbonyl (C=O) groups is 1. The van der Waals surface area contributed by atoms with Crippen molar-refractivity contribution in [3.05, 3.63) is 0 Å². The summed E-state index contributed by atoms with van der Waals surface area (Å²) in [6, 6.07) is 0. The van der Waals surface area contributed by atoms with E-state index in [4.69, 9.17) is 9.47 Å². The zero-order valence-electron chi connectivity index (χ0n) is 9.66. The lowest BCUT2D eigenvalue weighted by Gasteiger charge is -2.38. The van der Waals surface area contributed by atoms with Gasteiger partial charge < -0.3 is 14.6 Å². The molecule has 1 saturated heterocycles. The van der Waals surface area contributed by atoms with Gasteiger partial charge >= 0.3 is 5.97 Å². The van der Waals surface area contributed by atoms with Crippen LogP contribution < -0.4 is 0 Å². The topological polar surface area (TPSA) is 55.8 Å². The van der Waals surface area contributed by atoms with Crippen molar-refractivity contribution in [3.63, 3.8) is 0 Å². The fourth-order valence-corrected chi connectivity index (χ4v) is 2.27. The maximum atomic E-state index is 11.3. The Morgan fingerprint density at radius 1 is 1.47 bits per heavy atom. The number of ether oxygens (including phenoxy) is 2. The normalized spacial score (nSPS) is 36.3. The Hall–Kier alpha value is -0.610. The number of rotatable bonds is 3. The minimum atomic E-state index is -0.955. The van der Waals surface area contributed by atoms with Gasteiger partial charge in [0.15, 0.2) is 0 Å². The van der Waals surface area contributed by atoms with E-state index in [1.165, 1.54) is 0 Å². The van der Waals surface area contributed by atoms with E-state index in [-0.39, 0.29) is 24.6 Å². The maximum Gasteiger partial charge on any atom is 0.308 e. The second kappa shape index (κ2) is 4.94. The van der Waals surface area contributed by atoms with Crippen molar-refractivity contribution in [2.45, 2.75) is 57.8 Å². The maximum absolute atomic E-state index is 11.3. The third-order valence-corrected chi connectivity index (χ3v) is 2.58. The number of hydrogen-bond donors (Lipinski definition) is 1. The van der Waals surface area contributed by atoms with Crippen LogP contribution in [0.3, 0.4) is 0 Å². The molecule has 1 aliphatic heterocycles. The molecule has 0 saturated carbocycles. The first-order chi connectivity index (χ1) is 6.95. The van der Waals surface area contributed by atoms with Crippen molar-refractivity contribution >= 4 is 5.97 Å². The van der Waals surface area contributed by atoms with Gasteiger partial charge in [0.2, 0.25) is 0 Å². The summed E-state index contributed by atoms with van der Waals surface area (Å²) in [5, 5.41) is 10.2. The van der Waals surface area contributed by atoms with Crippen LogP contribution in [-0.2, 0) is 14.3 Å². The third-order valence-electron chi connectivity index (χ3n) is 2.58. The fraction of sp³-hybridized carbons (Fsp3) is 0.909. The molecule has 0 radical (unpaired) electrons. The highest BCUT2D eigenvalue weighted by molar-refractivity contribution is 5.70. The summed E-state index contributed by atoms with van der Waals surface area (Å²) < 4.78 is 10.4. The molecule has 0 aromatic rings. The molecule has 2 unspecified atom stereocenters. The largest absolute Gasteiger partial charge is 0.466 e. The second-order valence-electron chi connectivity index (χ2n) is 4.37. The van der Waals surface area contributed by atoms with E-state index in [1.807, 2.05) is 13.8 Å². The zero-order chi connectivity index (χ0) is 11.5. The molecule has 4 heteroatoms. The molecule has 0 amide bonds. The molecule has 0 aromatic carbocycles. The first-order valence-corrected chi connectivity index (χ1v) is 5.48. The predicted molar refractivity (Wildman–Crippen MR) is 55.4 cm³/mol. The van der Waals surface area contributed by atoms with E-state index in [0.717, 1.165) is 0 Å². The SMILES string of the molecule is CCOC(=O)CC1(O)CC(C)OC(C)C1. The summed E-state index contributed by atoms with van der Waals surface area (Å²) >= 11 is 0. The minimum absolute atomic E-state index is 0.00632. The van der Waals surface area contributed by atoms with Gasteiger partial charge in [0.25, 0.3) is 0 Å². The van der Waals surface area contributed by atoms with E-state index < -0.39 is 5.60 Å². The third kappa shape index (κ3) is 3.80. The number of hydrogen-bond acceptors (Lipinski definition) is 4. The van der Waals surface area contributed by atoms with Gasteiger partial charge in [-0.15, -0.1) is 0 Å². The van der Waals surface area contributed by atoms with Gasteiger partial charge in [0, 0.05) is 12.8 Å². The van der Waals surface area contributed by atoms with Gasteiger partial charge in [-0.25, -0.2) is 0 Å². The van der Waals surface area contributed by atoms with Crippen LogP contribution in [0.15, 0.2) is 0 Å². The summed E-state index contributed by atoms with van der Waals surface area (Å²) in [5.41, 5.74) is -0.955. The standard InChI is InChI=1S/C11H20O4/c1-4-14-10(12)7-11(13)5-8(2)15-9(3)6-11/h8-9,13H,4-7H2,1-3H3. The molecule has 0 aromatic heterocycles. The number of esters is 1. The van der Waals surface area contributed by atoms with Gasteiger partial charge in [0.05, 0.1) is 30.8 Å². The first kappa shape index (κ1) is 12.5. The summed E-state index contributed by atoms with van der Waals surface area (Å²) in [6.07, 6.45) is 1.05. The zero-order valence-corrected chi connectivity index (χ0v) is 9.66. The van der Waals surface area contributed by atoms with Crippen LogP contribution in [0, 0.1) is 0 Å². The molecule has 0 spiro atoms. The minimum Gasteiger partial charge on any atom is -0.466 e. The molecule has 2 atom stereocenters. The lowest BCUT2D eigenvalue weighted by atomic mass is 9.85. The lowest BCUT2D eigenvalue weighted by Crippen LogP contribution is -2.45. The monoisotopic (exact) mass is 216 g/mol. The second-order valence-corrected chi connectivity index (χ2v) is 4.37. The van der Waals surface area contributed by atoms with Crippen LogP contribution in [0.25, 0.3) is 0 Å². The fourth-order valence-electron chi connectivity index (χ4n) is 2.27. The molecular weight excluding hydrogens is 196 g/mol. The van der Waals surface area contributed by atoms with E-state index >= 15 is 0 Å². The number of carbonyl (C=O) groups excluding carboxylic acids is 1. The smallest absolute Gasteiger partial charge is 0.308 e. The quantitative estimate of drug-likeness (QED) is 0.721. The molecule has 1 N–H and O–H groups in total. The molecule has 4 nitrogen and oxygen atoms in total. The van der Waals surface area contributed by atoms with Crippen molar-refractivity contribution < 1.29 is 19.4 Å². The van der Waals surface area contributed by atoms with Crippen molar-refractivity contribution in [2.24, 2.45) is 0 Å². The highest BCUT2D eigenvalue weighted by Gasteiger charge is 2.38. The van der Waals surface area contributed by atoms with E-state index in [0.29, 0.717) is 19.4 Å². The van der Waals surface area contributed by atoms with Gasteiger partial charge in [-0.1, -0.05) is 0 Å². The van der Waals surface area contributed by atoms with Gasteiger partial charge in [-0.3, -0.25) is 4.79 Å². The van der Waals surface area contributed by atoms with E-state index in [1.54, 1.807) is 6.92 Å². The van der Waals surface area contributed by atoms with Crippen LogP contribution in [0.5, 0.6) is 0 Å². The molecule has 1 heterocycles. The Balaban J connectivity index is 2.53. The molecule has 88 valence electrons. The van der Waals surface area contributed by atoms with Crippen LogP contribution in [-0.4, -0.2) is 35.5 Å². The van der Waals surface area contributed by atoms with E-state index in [9.17, 15) is 9.90 Å². The molecular formula is C11H20O4. The lowest BCUT2D eigenvalue weighted by molar-refractivity contribution is -0.162. The summed E-state index contributed by atoms with van der Waals surface area (Å²) in [6.45, 7) is 5.94. The van der Waals surface area contributed by atoms with Crippen molar-refractivity contribution in [3.8, 4) is 0 Å². The van der Waals surface area contributed by atoms with Crippen molar-refractivity contribution in [1.29, 1.82) is 0 Å². The van der Waals surface area contributed by atoms with Crippen molar-refractivity contribution in [2.75, 3.05) is 6.61 Å². The first-order valence-electron chi connectivity index (χ1n) is 5.48. The molecule has 1 rings (SSSR count). The van der Waals surface area contributed by atoms with E-state index in [2.05, 4.69) is 0 Å². The van der Waals surface area contributed by atoms with Gasteiger partial charge in [-0.2, -0.15) is 0 Å². The van der Waals surface area contributed by atoms with Crippen LogP contribution >= 0.6 is 0 Å². The molecule has 1 fully saturated rings. The molecule has 0 aliphatic carbocycles. The Kier molecular flexibility index (Phi) is 4.11. The summed E-state index contributed by atoms with van der Waals surface area (Å²) in [4.78, 5) is 11.3. The Labute approximate surface area is 90.6 Å². The highest BCUT2D eigenvalue weighted by atomic mass is 16.5. The Morgan fingerprint density at radius 2 is 2.00 bits per heavy atom. The Morgan fingerprint density at radius 3 is 2.47 bits per heavy atom. The predicted octanol–water partition coefficient (Wildman–Crippen LogP) is 1.26. The molecule has 15 heavy (non-hydrogen) atoms. The van der Waals surface area contributed by atoms with Gasteiger partial charge in [0.1, 0.15) is 0 Å². The van der Waals surface area contributed by atoms with Crippen LogP contribution in [0.1, 0.15) is 40.0 Å². The van der Waals surface area contributed by atoms with Crippen LogP contribution in [0.2, 0.25) is 0 Å². The Bertz CT molecular complexity index is 217.